The molecule has 2 aromatic rings. The average Bonchev–Trinajstić information content (AvgIpc) is 2.45. The maximum absolute atomic E-state index is 13.7. The molecule has 112 valence electrons. The van der Waals surface area contributed by atoms with E-state index in [4.69, 9.17) is 4.74 Å². The smallest absolute Gasteiger partial charge is 0.191 e. The highest BCUT2D eigenvalue weighted by molar-refractivity contribution is 9.10. The van der Waals surface area contributed by atoms with E-state index in [0.717, 1.165) is 18.2 Å². The van der Waals surface area contributed by atoms with E-state index in [1.54, 1.807) is 0 Å². The number of rotatable bonds is 4. The lowest BCUT2D eigenvalue weighted by molar-refractivity contribution is 0.263. The predicted molar refractivity (Wildman–Crippen MR) is 77.4 cm³/mol. The standard InChI is InChI=1S/C14H8Br2F4O/c15-5-7-3-11(18)14(12(19)4-7)21-6-8-10(17)2-1-9(16)13(8)20/h1-4H,5-6H2. The van der Waals surface area contributed by atoms with Crippen LogP contribution >= 0.6 is 31.9 Å². The lowest BCUT2D eigenvalue weighted by Gasteiger charge is -2.11. The van der Waals surface area contributed by atoms with Crippen LogP contribution in [0.25, 0.3) is 0 Å². The van der Waals surface area contributed by atoms with E-state index in [-0.39, 0.29) is 9.80 Å². The molecule has 0 fully saturated rings. The van der Waals surface area contributed by atoms with Crippen LogP contribution in [0.3, 0.4) is 0 Å². The van der Waals surface area contributed by atoms with Crippen LogP contribution in [0.4, 0.5) is 17.6 Å². The largest absolute Gasteiger partial charge is 0.483 e. The van der Waals surface area contributed by atoms with Crippen LogP contribution in [-0.4, -0.2) is 0 Å². The highest BCUT2D eigenvalue weighted by atomic mass is 79.9. The second-order valence-corrected chi connectivity index (χ2v) is 5.55. The minimum Gasteiger partial charge on any atom is -0.483 e. The predicted octanol–water partition coefficient (Wildman–Crippen LogP) is 5.48. The summed E-state index contributed by atoms with van der Waals surface area (Å²) in [6, 6.07) is 4.40. The number of hydrogen-bond donors (Lipinski definition) is 0. The molecule has 7 heteroatoms. The Balaban J connectivity index is 2.27. The van der Waals surface area contributed by atoms with Crippen molar-refractivity contribution in [3.63, 3.8) is 0 Å². The van der Waals surface area contributed by atoms with Crippen LogP contribution in [-0.2, 0) is 11.9 Å². The summed E-state index contributed by atoms with van der Waals surface area (Å²) in [4.78, 5) is 0. The number of ether oxygens (including phenoxy) is 1. The van der Waals surface area contributed by atoms with Crippen molar-refractivity contribution < 1.29 is 22.3 Å². The number of benzene rings is 2. The molecule has 0 radical (unpaired) electrons. The van der Waals surface area contributed by atoms with Gasteiger partial charge in [0.05, 0.1) is 10.0 Å². The van der Waals surface area contributed by atoms with Gasteiger partial charge >= 0.3 is 0 Å². The Bertz CT molecular complexity index is 653. The Labute approximate surface area is 135 Å². The zero-order valence-corrected chi connectivity index (χ0v) is 13.6. The molecule has 21 heavy (non-hydrogen) atoms. The average molecular weight is 428 g/mol. The summed E-state index contributed by atoms with van der Waals surface area (Å²) in [5, 5.41) is 0.274. The fourth-order valence-corrected chi connectivity index (χ4v) is 2.37. The summed E-state index contributed by atoms with van der Waals surface area (Å²) < 4.78 is 59.6. The van der Waals surface area contributed by atoms with E-state index < -0.39 is 41.2 Å². The molecule has 0 amide bonds. The molecule has 2 aromatic carbocycles. The third-order valence-corrected chi connectivity index (χ3v) is 3.97. The van der Waals surface area contributed by atoms with Gasteiger partial charge < -0.3 is 4.74 Å². The Morgan fingerprint density at radius 3 is 2.14 bits per heavy atom. The second-order valence-electron chi connectivity index (χ2n) is 4.13. The molecule has 0 heterocycles. The van der Waals surface area contributed by atoms with Crippen LogP contribution in [0.5, 0.6) is 5.75 Å². The summed E-state index contributed by atoms with van der Waals surface area (Å²) in [5.74, 6) is -4.25. The monoisotopic (exact) mass is 426 g/mol. The molecule has 0 aliphatic rings. The summed E-state index contributed by atoms with van der Waals surface area (Å²) in [7, 11) is 0. The van der Waals surface area contributed by atoms with Crippen molar-refractivity contribution in [3.8, 4) is 5.75 Å². The third-order valence-electron chi connectivity index (χ3n) is 2.71. The van der Waals surface area contributed by atoms with Crippen molar-refractivity contribution in [2.75, 3.05) is 0 Å². The molecule has 0 aliphatic carbocycles. The maximum atomic E-state index is 13.7. The van der Waals surface area contributed by atoms with Crippen LogP contribution in [0.2, 0.25) is 0 Å². The molecular weight excluding hydrogens is 420 g/mol. The highest BCUT2D eigenvalue weighted by Gasteiger charge is 2.17. The van der Waals surface area contributed by atoms with Crippen LogP contribution in [0.15, 0.2) is 28.7 Å². The molecule has 2 rings (SSSR count). The van der Waals surface area contributed by atoms with Crippen LogP contribution in [0, 0.1) is 23.3 Å². The van der Waals surface area contributed by atoms with E-state index >= 15 is 0 Å². The van der Waals surface area contributed by atoms with Gasteiger partial charge in [-0.15, -0.1) is 0 Å². The Morgan fingerprint density at radius 2 is 1.57 bits per heavy atom. The van der Waals surface area contributed by atoms with Gasteiger partial charge in [-0.25, -0.2) is 17.6 Å². The SMILES string of the molecule is Fc1ccc(Br)c(F)c1COc1c(F)cc(CBr)cc1F. The fourth-order valence-electron chi connectivity index (χ4n) is 1.67. The summed E-state index contributed by atoms with van der Waals surface area (Å²) in [6.07, 6.45) is 0. The lowest BCUT2D eigenvalue weighted by Crippen LogP contribution is -2.05. The van der Waals surface area contributed by atoms with Gasteiger partial charge in [-0.1, -0.05) is 15.9 Å². The second kappa shape index (κ2) is 6.79. The first-order valence-electron chi connectivity index (χ1n) is 5.73. The molecule has 0 saturated carbocycles. The van der Waals surface area contributed by atoms with E-state index in [2.05, 4.69) is 31.9 Å². The van der Waals surface area contributed by atoms with Gasteiger partial charge in [0.2, 0.25) is 0 Å². The van der Waals surface area contributed by atoms with E-state index in [9.17, 15) is 17.6 Å². The highest BCUT2D eigenvalue weighted by Crippen LogP contribution is 2.27. The third kappa shape index (κ3) is 3.58. The molecule has 0 aromatic heterocycles. The Kier molecular flexibility index (Phi) is 5.27. The van der Waals surface area contributed by atoms with Gasteiger partial charge in [0.15, 0.2) is 17.4 Å². The first-order valence-corrected chi connectivity index (χ1v) is 7.64. The first-order chi connectivity index (χ1) is 9.93. The normalized spacial score (nSPS) is 10.8. The minimum absolute atomic E-state index is 0.0399. The van der Waals surface area contributed by atoms with E-state index in [1.807, 2.05) is 0 Å². The summed E-state index contributed by atoms with van der Waals surface area (Å²) >= 11 is 5.98. The fraction of sp³-hybridized carbons (Fsp3) is 0.143. The molecular formula is C14H8Br2F4O. The van der Waals surface area contributed by atoms with Crippen molar-refractivity contribution in [1.82, 2.24) is 0 Å². The molecule has 0 atom stereocenters. The van der Waals surface area contributed by atoms with Gasteiger partial charge in [-0.3, -0.25) is 0 Å². The molecule has 0 unspecified atom stereocenters. The van der Waals surface area contributed by atoms with Crippen LogP contribution < -0.4 is 4.74 Å². The molecule has 0 saturated heterocycles. The van der Waals surface area contributed by atoms with Gasteiger partial charge in [0.25, 0.3) is 0 Å². The lowest BCUT2D eigenvalue weighted by atomic mass is 10.2. The molecule has 0 spiro atoms. The van der Waals surface area contributed by atoms with Crippen molar-refractivity contribution in [2.24, 2.45) is 0 Å². The topological polar surface area (TPSA) is 9.23 Å². The van der Waals surface area contributed by atoms with Crippen molar-refractivity contribution >= 4 is 31.9 Å². The Hall–Kier alpha value is -1.08. The first kappa shape index (κ1) is 16.3. The van der Waals surface area contributed by atoms with Gasteiger partial charge in [-0.2, -0.15) is 0 Å². The van der Waals surface area contributed by atoms with E-state index in [0.29, 0.717) is 5.56 Å². The zero-order valence-electron chi connectivity index (χ0n) is 10.4. The van der Waals surface area contributed by atoms with E-state index in [1.165, 1.54) is 6.07 Å². The maximum Gasteiger partial charge on any atom is 0.191 e. The van der Waals surface area contributed by atoms with Gasteiger partial charge in [0, 0.05) is 5.33 Å². The minimum atomic E-state index is -0.930. The number of halogens is 6. The summed E-state index contributed by atoms with van der Waals surface area (Å²) in [5.41, 5.74) is -0.0232. The number of hydrogen-bond acceptors (Lipinski definition) is 1. The number of alkyl halides is 1. The quantitative estimate of drug-likeness (QED) is 0.356. The molecule has 0 N–H and O–H groups in total. The van der Waals surface area contributed by atoms with Gasteiger partial charge in [-0.05, 0) is 45.8 Å². The summed E-state index contributed by atoms with van der Waals surface area (Å²) in [6.45, 7) is -0.626. The zero-order chi connectivity index (χ0) is 15.6. The van der Waals surface area contributed by atoms with Crippen molar-refractivity contribution in [3.05, 3.63) is 63.1 Å². The van der Waals surface area contributed by atoms with Crippen molar-refractivity contribution in [2.45, 2.75) is 11.9 Å². The van der Waals surface area contributed by atoms with Crippen LogP contribution in [0.1, 0.15) is 11.1 Å². The van der Waals surface area contributed by atoms with Crippen molar-refractivity contribution in [1.29, 1.82) is 0 Å². The Morgan fingerprint density at radius 1 is 0.952 bits per heavy atom. The molecule has 0 aliphatic heterocycles. The molecule has 1 nitrogen and oxygen atoms in total. The molecule has 0 bridgehead atoms. The van der Waals surface area contributed by atoms with Gasteiger partial charge in [0.1, 0.15) is 18.2 Å².